The highest BCUT2D eigenvalue weighted by molar-refractivity contribution is 5.28. The van der Waals surface area contributed by atoms with Crippen molar-refractivity contribution in [3.63, 3.8) is 0 Å². The second-order valence-corrected chi connectivity index (χ2v) is 3.52. The van der Waals surface area contributed by atoms with Crippen LogP contribution in [-0.2, 0) is 15.9 Å². The van der Waals surface area contributed by atoms with Gasteiger partial charge in [-0.25, -0.2) is 0 Å². The molecule has 16 heavy (non-hydrogen) atoms. The summed E-state index contributed by atoms with van der Waals surface area (Å²) < 4.78 is 10.9. The van der Waals surface area contributed by atoms with Gasteiger partial charge in [-0.05, 0) is 17.7 Å². The van der Waals surface area contributed by atoms with Gasteiger partial charge >= 0.3 is 0 Å². The molecule has 2 nitrogen and oxygen atoms in total. The van der Waals surface area contributed by atoms with Gasteiger partial charge in [-0.15, -0.1) is 0 Å². The van der Waals surface area contributed by atoms with Crippen LogP contribution in [0.3, 0.4) is 0 Å². The van der Waals surface area contributed by atoms with Crippen molar-refractivity contribution in [1.82, 2.24) is 0 Å². The Balaban J connectivity index is 2.09. The average Bonchev–Trinajstić information content (AvgIpc) is 2.83. The van der Waals surface area contributed by atoms with Crippen molar-refractivity contribution in [2.75, 3.05) is 13.2 Å². The lowest BCUT2D eigenvalue weighted by Crippen LogP contribution is -1.98. The van der Waals surface area contributed by atoms with Crippen LogP contribution >= 0.6 is 0 Å². The van der Waals surface area contributed by atoms with Crippen molar-refractivity contribution in [2.24, 2.45) is 0 Å². The Morgan fingerprint density at radius 3 is 2.94 bits per heavy atom. The molecule has 1 aliphatic rings. The molecule has 2 heteroatoms. The summed E-state index contributed by atoms with van der Waals surface area (Å²) in [6.07, 6.45) is 2.13. The van der Waals surface area contributed by atoms with Crippen LogP contribution < -0.4 is 0 Å². The lowest BCUT2D eigenvalue weighted by atomic mass is 10.1. The molecule has 0 N–H and O–H groups in total. The molecular weight excluding hydrogens is 200 g/mol. The van der Waals surface area contributed by atoms with Crippen molar-refractivity contribution < 1.29 is 9.47 Å². The summed E-state index contributed by atoms with van der Waals surface area (Å²) in [5.41, 5.74) is 2.24. The minimum atomic E-state index is -0.202. The highest BCUT2D eigenvalue weighted by atomic mass is 16.7. The van der Waals surface area contributed by atoms with E-state index in [2.05, 4.69) is 30.6 Å². The van der Waals surface area contributed by atoms with E-state index in [0.717, 1.165) is 12.0 Å². The van der Waals surface area contributed by atoms with Crippen LogP contribution in [0.25, 0.3) is 0 Å². The summed E-state index contributed by atoms with van der Waals surface area (Å²) in [6, 6.07) is 8.15. The first-order valence-electron chi connectivity index (χ1n) is 5.31. The molecule has 0 amide bonds. The molecular formula is C14H14O2. The van der Waals surface area contributed by atoms with Gasteiger partial charge in [0.15, 0.2) is 6.29 Å². The lowest BCUT2D eigenvalue weighted by molar-refractivity contribution is -0.0441. The molecule has 0 aliphatic carbocycles. The molecule has 0 unspecified atom stereocenters. The van der Waals surface area contributed by atoms with Gasteiger partial charge in [0.25, 0.3) is 0 Å². The predicted octanol–water partition coefficient (Wildman–Crippen LogP) is 2.46. The molecule has 1 aromatic carbocycles. The van der Waals surface area contributed by atoms with E-state index in [1.54, 1.807) is 6.08 Å². The van der Waals surface area contributed by atoms with E-state index in [1.165, 1.54) is 5.56 Å². The number of benzene rings is 1. The zero-order chi connectivity index (χ0) is 11.2. The number of rotatable bonds is 2. The van der Waals surface area contributed by atoms with Crippen molar-refractivity contribution in [1.29, 1.82) is 0 Å². The summed E-state index contributed by atoms with van der Waals surface area (Å²) >= 11 is 0. The molecule has 1 saturated heterocycles. The molecule has 1 aliphatic heterocycles. The quantitative estimate of drug-likeness (QED) is 0.704. The van der Waals surface area contributed by atoms with E-state index in [1.807, 2.05) is 12.1 Å². The van der Waals surface area contributed by atoms with Gasteiger partial charge in [0, 0.05) is 12.0 Å². The van der Waals surface area contributed by atoms with Gasteiger partial charge in [-0.3, -0.25) is 0 Å². The van der Waals surface area contributed by atoms with Crippen molar-refractivity contribution >= 4 is 0 Å². The first-order chi connectivity index (χ1) is 7.90. The molecule has 1 heterocycles. The van der Waals surface area contributed by atoms with Gasteiger partial charge in [0.1, 0.15) is 0 Å². The molecule has 82 valence electrons. The third-order valence-corrected chi connectivity index (χ3v) is 2.34. The van der Waals surface area contributed by atoms with Gasteiger partial charge in [0.2, 0.25) is 0 Å². The largest absolute Gasteiger partial charge is 0.346 e. The number of allylic oxidation sites excluding steroid dienone is 1. The second kappa shape index (κ2) is 5.50. The van der Waals surface area contributed by atoms with Crippen LogP contribution in [0.5, 0.6) is 0 Å². The molecule has 1 fully saturated rings. The van der Waals surface area contributed by atoms with Crippen LogP contribution in [0.1, 0.15) is 17.4 Å². The number of hydrogen-bond acceptors (Lipinski definition) is 2. The van der Waals surface area contributed by atoms with Gasteiger partial charge in [-0.2, -0.15) is 0 Å². The lowest BCUT2D eigenvalue weighted by Gasteiger charge is -2.09. The van der Waals surface area contributed by atoms with Crippen molar-refractivity contribution in [3.8, 4) is 11.8 Å². The van der Waals surface area contributed by atoms with Crippen LogP contribution in [0.4, 0.5) is 0 Å². The monoisotopic (exact) mass is 214 g/mol. The summed E-state index contributed by atoms with van der Waals surface area (Å²) in [5.74, 6) is 5.86. The van der Waals surface area contributed by atoms with E-state index in [-0.39, 0.29) is 6.29 Å². The van der Waals surface area contributed by atoms with Crippen LogP contribution in [0, 0.1) is 11.8 Å². The Hall–Kier alpha value is -1.56. The molecule has 0 atom stereocenters. The highest BCUT2D eigenvalue weighted by Gasteiger charge is 2.17. The van der Waals surface area contributed by atoms with E-state index >= 15 is 0 Å². The van der Waals surface area contributed by atoms with Crippen LogP contribution in [-0.4, -0.2) is 13.2 Å². The van der Waals surface area contributed by atoms with Crippen molar-refractivity contribution in [3.05, 3.63) is 48.0 Å². The van der Waals surface area contributed by atoms with Crippen molar-refractivity contribution in [2.45, 2.75) is 12.7 Å². The Morgan fingerprint density at radius 2 is 2.19 bits per heavy atom. The van der Waals surface area contributed by atoms with Gasteiger partial charge < -0.3 is 9.47 Å². The first-order valence-corrected chi connectivity index (χ1v) is 5.31. The maximum atomic E-state index is 5.45. The summed E-state index contributed by atoms with van der Waals surface area (Å²) in [6.45, 7) is 4.90. The van der Waals surface area contributed by atoms with E-state index in [9.17, 15) is 0 Å². The highest BCUT2D eigenvalue weighted by Crippen LogP contribution is 2.23. The minimum absolute atomic E-state index is 0.202. The van der Waals surface area contributed by atoms with E-state index < -0.39 is 0 Å². The van der Waals surface area contributed by atoms with Gasteiger partial charge in [0.05, 0.1) is 13.2 Å². The third kappa shape index (κ3) is 2.73. The standard InChI is InChI=1S/C14H14O2/c1-2-3-4-6-12-7-5-8-13(11-12)14-15-9-10-16-14/h2,5,7-8,11,14H,1,6,9-10H2. The molecule has 1 aromatic rings. The van der Waals surface area contributed by atoms with E-state index in [0.29, 0.717) is 13.2 Å². The van der Waals surface area contributed by atoms with Crippen LogP contribution in [0.2, 0.25) is 0 Å². The topological polar surface area (TPSA) is 18.5 Å². The Kier molecular flexibility index (Phi) is 3.76. The molecule has 2 rings (SSSR count). The van der Waals surface area contributed by atoms with Crippen LogP contribution in [0.15, 0.2) is 36.9 Å². The normalized spacial score (nSPS) is 15.5. The first kappa shape index (κ1) is 10.9. The average molecular weight is 214 g/mol. The molecule has 0 bridgehead atoms. The Labute approximate surface area is 95.9 Å². The maximum Gasteiger partial charge on any atom is 0.184 e. The Bertz CT molecular complexity index is 420. The predicted molar refractivity (Wildman–Crippen MR) is 62.8 cm³/mol. The zero-order valence-electron chi connectivity index (χ0n) is 9.11. The summed E-state index contributed by atoms with van der Waals surface area (Å²) in [7, 11) is 0. The van der Waals surface area contributed by atoms with Gasteiger partial charge in [-0.1, -0.05) is 36.6 Å². The third-order valence-electron chi connectivity index (χ3n) is 2.34. The summed E-state index contributed by atoms with van der Waals surface area (Å²) in [5, 5.41) is 0. The molecule has 0 spiro atoms. The Morgan fingerprint density at radius 1 is 1.38 bits per heavy atom. The fourth-order valence-corrected chi connectivity index (χ4v) is 1.63. The minimum Gasteiger partial charge on any atom is -0.346 e. The molecule has 0 radical (unpaired) electrons. The fourth-order valence-electron chi connectivity index (χ4n) is 1.63. The van der Waals surface area contributed by atoms with E-state index in [4.69, 9.17) is 9.47 Å². The fraction of sp³-hybridized carbons (Fsp3) is 0.286. The number of hydrogen-bond donors (Lipinski definition) is 0. The second-order valence-electron chi connectivity index (χ2n) is 3.52. The molecule has 0 saturated carbocycles. The smallest absolute Gasteiger partial charge is 0.184 e. The SMILES string of the molecule is C=CC#CCc1cccc(C2OCCO2)c1. The summed E-state index contributed by atoms with van der Waals surface area (Å²) in [4.78, 5) is 0. The molecule has 0 aromatic heterocycles. The maximum absolute atomic E-state index is 5.45. The zero-order valence-corrected chi connectivity index (χ0v) is 9.11. The number of ether oxygens (including phenoxy) is 2.